The molecule has 0 radical (unpaired) electrons. The van der Waals surface area contributed by atoms with Crippen LogP contribution >= 0.6 is 0 Å². The third kappa shape index (κ3) is 4.45. The molecule has 1 aliphatic heterocycles. The molecule has 0 unspecified atom stereocenters. The van der Waals surface area contributed by atoms with Crippen LogP contribution in [0.2, 0.25) is 0 Å². The number of hydrogen-bond donors (Lipinski definition) is 3. The van der Waals surface area contributed by atoms with Gasteiger partial charge in [-0.2, -0.15) is 5.26 Å². The van der Waals surface area contributed by atoms with Crippen molar-refractivity contribution in [2.75, 3.05) is 13.6 Å². The Bertz CT molecular complexity index is 1470. The predicted octanol–water partition coefficient (Wildman–Crippen LogP) is 1.62. The summed E-state index contributed by atoms with van der Waals surface area (Å²) < 4.78 is 20.6. The first-order valence-electron chi connectivity index (χ1n) is 11.2. The molecule has 3 aromatic rings. The Hall–Kier alpha value is -4.46. The molecular formula is C25H24FN5O5. The van der Waals surface area contributed by atoms with Crippen LogP contribution in [0.25, 0.3) is 11.0 Å². The van der Waals surface area contributed by atoms with E-state index in [1.165, 1.54) is 29.9 Å². The third-order valence-electron chi connectivity index (χ3n) is 5.94. The van der Waals surface area contributed by atoms with E-state index in [2.05, 4.69) is 21.7 Å². The first kappa shape index (κ1) is 24.7. The third-order valence-corrected chi connectivity index (χ3v) is 5.94. The van der Waals surface area contributed by atoms with Gasteiger partial charge in [-0.15, -0.1) is 0 Å². The molecule has 3 heterocycles. The van der Waals surface area contributed by atoms with Crippen molar-refractivity contribution in [3.05, 3.63) is 63.3 Å². The predicted molar refractivity (Wildman–Crippen MR) is 127 cm³/mol. The van der Waals surface area contributed by atoms with Crippen molar-refractivity contribution < 1.29 is 23.8 Å². The van der Waals surface area contributed by atoms with E-state index < -0.39 is 46.0 Å². The number of nitriles is 1. The Labute approximate surface area is 205 Å². The van der Waals surface area contributed by atoms with Crippen LogP contribution in [-0.2, 0) is 17.8 Å². The van der Waals surface area contributed by atoms with E-state index in [4.69, 9.17) is 4.74 Å². The number of ether oxygens (including phenoxy) is 1. The van der Waals surface area contributed by atoms with Gasteiger partial charge in [-0.25, -0.2) is 4.39 Å². The first-order valence-corrected chi connectivity index (χ1v) is 11.2. The highest BCUT2D eigenvalue weighted by atomic mass is 19.1. The largest absolute Gasteiger partial charge is 0.505 e. The fourth-order valence-corrected chi connectivity index (χ4v) is 3.93. The van der Waals surface area contributed by atoms with Gasteiger partial charge in [0.05, 0.1) is 18.0 Å². The molecule has 2 aromatic heterocycles. The number of hydrogen-bond acceptors (Lipinski definition) is 7. The first-order chi connectivity index (χ1) is 17.1. The fraction of sp³-hybridized carbons (Fsp3) is 0.320. The maximum absolute atomic E-state index is 13.4. The van der Waals surface area contributed by atoms with Gasteiger partial charge >= 0.3 is 0 Å². The lowest BCUT2D eigenvalue weighted by atomic mass is 9.96. The van der Waals surface area contributed by atoms with Crippen LogP contribution in [-0.4, -0.2) is 46.2 Å². The second kappa shape index (κ2) is 9.30. The van der Waals surface area contributed by atoms with Crippen molar-refractivity contribution in [1.82, 2.24) is 20.2 Å². The Morgan fingerprint density at radius 2 is 2.03 bits per heavy atom. The molecule has 0 bridgehead atoms. The average Bonchev–Trinajstić information content (AvgIpc) is 2.87. The van der Waals surface area contributed by atoms with E-state index in [9.17, 15) is 29.1 Å². The zero-order valence-corrected chi connectivity index (χ0v) is 19.9. The van der Waals surface area contributed by atoms with Gasteiger partial charge in [0.2, 0.25) is 0 Å². The SMILES string of the molecule is CNC(=O)c1c(O)c2ncc(Cc3ccc(F)cc3)c3c2n(c1=O)C[C@@H](C(=O)NCC(C)(C)C#N)O3. The molecule has 4 rings (SSSR count). The molecule has 1 atom stereocenters. The molecule has 3 N–H and O–H groups in total. The molecule has 0 spiro atoms. The quantitative estimate of drug-likeness (QED) is 0.473. The summed E-state index contributed by atoms with van der Waals surface area (Å²) in [5.74, 6) is -2.20. The van der Waals surface area contributed by atoms with Crippen molar-refractivity contribution in [1.29, 1.82) is 5.26 Å². The molecule has 1 aromatic carbocycles. The van der Waals surface area contributed by atoms with Crippen molar-refractivity contribution in [2.45, 2.75) is 32.9 Å². The Kier molecular flexibility index (Phi) is 6.37. The minimum absolute atomic E-state index is 0.0319. The smallest absolute Gasteiger partial charge is 0.268 e. The van der Waals surface area contributed by atoms with Crippen molar-refractivity contribution in [2.24, 2.45) is 5.41 Å². The molecule has 2 amide bonds. The standard InChI is InChI=1S/C25H24FN5O5/c1-25(2,11-27)12-30-22(33)16-10-31-19-18(20(32)17(24(31)35)23(34)28-3)29-9-14(21(19)36-16)8-13-4-6-15(26)7-5-13/h4-7,9,16,32H,8,10,12H2,1-3H3,(H,28,34)(H,30,33)/t16-/m0/s1. The lowest BCUT2D eigenvalue weighted by Crippen LogP contribution is -2.48. The minimum Gasteiger partial charge on any atom is -0.505 e. The molecule has 11 heteroatoms. The number of aromatic hydroxyl groups is 1. The van der Waals surface area contributed by atoms with Crippen LogP contribution in [0, 0.1) is 22.6 Å². The maximum Gasteiger partial charge on any atom is 0.268 e. The zero-order chi connectivity index (χ0) is 26.2. The van der Waals surface area contributed by atoms with Crippen LogP contribution in [0.3, 0.4) is 0 Å². The molecule has 0 fully saturated rings. The number of halogens is 1. The van der Waals surface area contributed by atoms with Crippen LogP contribution in [0.4, 0.5) is 4.39 Å². The summed E-state index contributed by atoms with van der Waals surface area (Å²) in [6.07, 6.45) is 0.493. The van der Waals surface area contributed by atoms with E-state index >= 15 is 0 Å². The number of carbonyl (C=O) groups is 2. The van der Waals surface area contributed by atoms with Gasteiger partial charge in [0.15, 0.2) is 17.6 Å². The topological polar surface area (TPSA) is 146 Å². The number of nitrogens with zero attached hydrogens (tertiary/aromatic N) is 3. The van der Waals surface area contributed by atoms with Crippen LogP contribution in [0.1, 0.15) is 35.3 Å². The number of amides is 2. The molecule has 0 saturated heterocycles. The van der Waals surface area contributed by atoms with Gasteiger partial charge in [0.25, 0.3) is 17.4 Å². The Balaban J connectivity index is 1.85. The normalized spacial score (nSPS) is 14.6. The molecule has 10 nitrogen and oxygen atoms in total. The van der Waals surface area contributed by atoms with Crippen LogP contribution < -0.4 is 20.9 Å². The highest BCUT2D eigenvalue weighted by Gasteiger charge is 2.34. The van der Waals surface area contributed by atoms with Gasteiger partial charge in [-0.1, -0.05) is 12.1 Å². The summed E-state index contributed by atoms with van der Waals surface area (Å²) in [5, 5.41) is 25.0. The number of aromatic nitrogens is 2. The average molecular weight is 493 g/mol. The highest BCUT2D eigenvalue weighted by molar-refractivity contribution is 6.02. The molecule has 1 aliphatic rings. The Morgan fingerprint density at radius 1 is 1.33 bits per heavy atom. The van der Waals surface area contributed by atoms with Gasteiger partial charge < -0.3 is 20.5 Å². The highest BCUT2D eigenvalue weighted by Crippen LogP contribution is 2.37. The summed E-state index contributed by atoms with van der Waals surface area (Å²) in [7, 11) is 1.32. The lowest BCUT2D eigenvalue weighted by molar-refractivity contribution is -0.129. The molecular weight excluding hydrogens is 469 g/mol. The summed E-state index contributed by atoms with van der Waals surface area (Å²) in [6.45, 7) is 3.14. The van der Waals surface area contributed by atoms with E-state index in [-0.39, 0.29) is 36.3 Å². The van der Waals surface area contributed by atoms with Crippen molar-refractivity contribution in [3.8, 4) is 17.6 Å². The van der Waals surface area contributed by atoms with Crippen molar-refractivity contribution >= 4 is 22.8 Å². The van der Waals surface area contributed by atoms with E-state index in [1.54, 1.807) is 26.0 Å². The fourth-order valence-electron chi connectivity index (χ4n) is 3.93. The van der Waals surface area contributed by atoms with E-state index in [0.29, 0.717) is 5.56 Å². The van der Waals surface area contributed by atoms with Crippen LogP contribution in [0.5, 0.6) is 11.5 Å². The van der Waals surface area contributed by atoms with Gasteiger partial charge in [0, 0.05) is 31.8 Å². The number of nitrogens with one attached hydrogen (secondary N) is 2. The molecule has 36 heavy (non-hydrogen) atoms. The lowest BCUT2D eigenvalue weighted by Gasteiger charge is -2.29. The summed E-state index contributed by atoms with van der Waals surface area (Å²) in [5.41, 5.74) is -0.804. The molecule has 186 valence electrons. The molecule has 0 aliphatic carbocycles. The van der Waals surface area contributed by atoms with Crippen molar-refractivity contribution in [3.63, 3.8) is 0 Å². The number of rotatable bonds is 6. The number of pyridine rings is 2. The number of benzene rings is 1. The van der Waals surface area contributed by atoms with Crippen LogP contribution in [0.15, 0.2) is 35.3 Å². The summed E-state index contributed by atoms with van der Waals surface area (Å²) in [6, 6.07) is 7.88. The summed E-state index contributed by atoms with van der Waals surface area (Å²) in [4.78, 5) is 43.0. The van der Waals surface area contributed by atoms with E-state index in [1.807, 2.05) is 0 Å². The zero-order valence-electron chi connectivity index (χ0n) is 19.9. The second-order valence-electron chi connectivity index (χ2n) is 9.15. The minimum atomic E-state index is -1.16. The number of carbonyl (C=O) groups excluding carboxylic acids is 2. The second-order valence-corrected chi connectivity index (χ2v) is 9.15. The van der Waals surface area contributed by atoms with Gasteiger partial charge in [0.1, 0.15) is 22.4 Å². The Morgan fingerprint density at radius 3 is 2.67 bits per heavy atom. The van der Waals surface area contributed by atoms with E-state index in [0.717, 1.165) is 5.56 Å². The van der Waals surface area contributed by atoms with Gasteiger partial charge in [-0.05, 0) is 31.5 Å². The maximum atomic E-state index is 13.4. The summed E-state index contributed by atoms with van der Waals surface area (Å²) >= 11 is 0. The molecule has 0 saturated carbocycles. The monoisotopic (exact) mass is 493 g/mol. The van der Waals surface area contributed by atoms with Gasteiger partial charge in [-0.3, -0.25) is 23.9 Å².